The Morgan fingerprint density at radius 2 is 1.48 bits per heavy atom. The van der Waals surface area contributed by atoms with E-state index in [1.54, 1.807) is 6.92 Å². The minimum absolute atomic E-state index is 0.0318. The molecule has 0 amide bonds. The highest BCUT2D eigenvalue weighted by Crippen LogP contribution is 2.25. The maximum Gasteiger partial charge on any atom is 0.306 e. The third kappa shape index (κ3) is 4.78. The third-order valence-corrected chi connectivity index (χ3v) is 5.22. The van der Waals surface area contributed by atoms with Gasteiger partial charge in [-0.1, -0.05) is 78.9 Å². The molecule has 1 atom stereocenters. The van der Waals surface area contributed by atoms with Gasteiger partial charge in [-0.3, -0.25) is 4.79 Å². The number of fused-ring (bicyclic) bond motifs is 1. The molecule has 4 rings (SSSR count). The molecule has 1 aromatic heterocycles. The summed E-state index contributed by atoms with van der Waals surface area (Å²) in [5.74, 6) is 0.0834. The molecule has 2 N–H and O–H groups in total. The van der Waals surface area contributed by atoms with Gasteiger partial charge in [-0.2, -0.15) is 0 Å². The summed E-state index contributed by atoms with van der Waals surface area (Å²) in [6, 6.07) is 29.9. The Balaban J connectivity index is 1.68. The Bertz CT molecular complexity index is 1150. The average Bonchev–Trinajstić information content (AvgIpc) is 2.80. The van der Waals surface area contributed by atoms with Crippen molar-refractivity contribution in [2.45, 2.75) is 18.9 Å². The van der Waals surface area contributed by atoms with Gasteiger partial charge < -0.3 is 15.3 Å². The van der Waals surface area contributed by atoms with Gasteiger partial charge in [0.05, 0.1) is 11.6 Å². The monoisotopic (exact) mass is 414 g/mol. The smallest absolute Gasteiger partial charge is 0.306 e. The van der Waals surface area contributed by atoms with Crippen molar-refractivity contribution in [1.29, 1.82) is 0 Å². The first-order valence-electron chi connectivity index (χ1n) is 10.4. The summed E-state index contributed by atoms with van der Waals surface area (Å²) < 4.78 is 1.27. The van der Waals surface area contributed by atoms with E-state index in [4.69, 9.17) is 4.84 Å². The van der Waals surface area contributed by atoms with Gasteiger partial charge in [-0.05, 0) is 30.2 Å². The van der Waals surface area contributed by atoms with Crippen LogP contribution in [0.25, 0.3) is 10.9 Å². The lowest BCUT2D eigenvalue weighted by Gasteiger charge is -2.20. The van der Waals surface area contributed by atoms with Crippen LogP contribution >= 0.6 is 0 Å². The van der Waals surface area contributed by atoms with Crippen molar-refractivity contribution in [2.75, 3.05) is 18.5 Å². The second kappa shape index (κ2) is 9.49. The number of hydrogen-bond acceptors (Lipinski definition) is 4. The molecule has 5 heteroatoms. The summed E-state index contributed by atoms with van der Waals surface area (Å²) in [6.45, 7) is 2.21. The lowest BCUT2D eigenvalue weighted by Crippen LogP contribution is -2.33. The van der Waals surface area contributed by atoms with Gasteiger partial charge in [0, 0.05) is 17.8 Å². The Labute approximate surface area is 181 Å². The number of pyridine rings is 1. The minimum Gasteiger partial charge on any atom is -0.407 e. The summed E-state index contributed by atoms with van der Waals surface area (Å²) in [5.41, 5.74) is 3.20. The number of aliphatic hydroxyl groups is 1. The second-order valence-corrected chi connectivity index (χ2v) is 7.62. The van der Waals surface area contributed by atoms with Gasteiger partial charge in [-0.25, -0.2) is 0 Å². The van der Waals surface area contributed by atoms with Crippen LogP contribution in [0.4, 0.5) is 5.69 Å². The standard InChI is InChI=1S/C26H26N2O3/c1-19(29)18-31-28-25-15-9-8-14-22(25)16-24(26(28)30)27-17-23(20-10-4-2-5-11-20)21-12-6-3-7-13-21/h2-16,19,23,27,29H,17-18H2,1H3. The summed E-state index contributed by atoms with van der Waals surface area (Å²) in [6.07, 6.45) is -0.678. The first-order valence-corrected chi connectivity index (χ1v) is 10.4. The lowest BCUT2D eigenvalue weighted by molar-refractivity contribution is 0.0365. The molecule has 0 aliphatic carbocycles. The molecule has 0 saturated carbocycles. The highest BCUT2D eigenvalue weighted by molar-refractivity contribution is 5.82. The van der Waals surface area contributed by atoms with E-state index in [0.29, 0.717) is 17.7 Å². The van der Waals surface area contributed by atoms with Gasteiger partial charge >= 0.3 is 5.56 Å². The largest absolute Gasteiger partial charge is 0.407 e. The van der Waals surface area contributed by atoms with Gasteiger partial charge in [-0.15, -0.1) is 4.73 Å². The Hall–Kier alpha value is -3.57. The van der Waals surface area contributed by atoms with Gasteiger partial charge in [0.1, 0.15) is 12.3 Å². The number of nitrogens with one attached hydrogen (secondary N) is 1. The van der Waals surface area contributed by atoms with Crippen LogP contribution in [-0.2, 0) is 0 Å². The van der Waals surface area contributed by atoms with Crippen molar-refractivity contribution in [1.82, 2.24) is 4.73 Å². The first kappa shape index (κ1) is 20.7. The molecule has 0 saturated heterocycles. The van der Waals surface area contributed by atoms with E-state index in [1.807, 2.05) is 66.7 Å². The third-order valence-electron chi connectivity index (χ3n) is 5.22. The van der Waals surface area contributed by atoms with E-state index in [1.165, 1.54) is 15.9 Å². The van der Waals surface area contributed by atoms with Gasteiger partial charge in [0.15, 0.2) is 0 Å². The van der Waals surface area contributed by atoms with Crippen LogP contribution in [0.2, 0.25) is 0 Å². The Kier molecular flexibility index (Phi) is 6.34. The Morgan fingerprint density at radius 1 is 0.903 bits per heavy atom. The van der Waals surface area contributed by atoms with Crippen LogP contribution in [0.1, 0.15) is 24.0 Å². The summed E-state index contributed by atoms with van der Waals surface area (Å²) >= 11 is 0. The molecule has 158 valence electrons. The molecule has 3 aromatic carbocycles. The number of aromatic nitrogens is 1. The van der Waals surface area contributed by atoms with Crippen molar-refractivity contribution in [2.24, 2.45) is 0 Å². The molecular formula is C26H26N2O3. The molecule has 4 aromatic rings. The maximum atomic E-state index is 13.2. The van der Waals surface area contributed by atoms with Crippen LogP contribution in [0.3, 0.4) is 0 Å². The number of anilines is 1. The van der Waals surface area contributed by atoms with Gasteiger partial charge in [0.2, 0.25) is 0 Å². The molecule has 0 aliphatic rings. The van der Waals surface area contributed by atoms with E-state index < -0.39 is 6.10 Å². The minimum atomic E-state index is -0.678. The lowest BCUT2D eigenvalue weighted by atomic mass is 9.91. The highest BCUT2D eigenvalue weighted by atomic mass is 16.7. The molecule has 1 unspecified atom stereocenters. The molecule has 31 heavy (non-hydrogen) atoms. The fourth-order valence-electron chi connectivity index (χ4n) is 3.68. The molecule has 0 bridgehead atoms. The molecule has 0 spiro atoms. The zero-order valence-electron chi connectivity index (χ0n) is 17.4. The fraction of sp³-hybridized carbons (Fsp3) is 0.192. The fourth-order valence-corrected chi connectivity index (χ4v) is 3.68. The molecule has 0 aliphatic heterocycles. The van der Waals surface area contributed by atoms with E-state index in [0.717, 1.165) is 5.39 Å². The van der Waals surface area contributed by atoms with Gasteiger partial charge in [0.25, 0.3) is 0 Å². The molecule has 5 nitrogen and oxygen atoms in total. The van der Waals surface area contributed by atoms with Crippen molar-refractivity contribution in [3.63, 3.8) is 0 Å². The normalized spacial score (nSPS) is 12.1. The molecule has 0 radical (unpaired) electrons. The van der Waals surface area contributed by atoms with Crippen molar-refractivity contribution in [3.8, 4) is 0 Å². The number of aliphatic hydroxyl groups excluding tert-OH is 1. The summed E-state index contributed by atoms with van der Waals surface area (Å²) in [4.78, 5) is 18.8. The molecular weight excluding hydrogens is 388 g/mol. The van der Waals surface area contributed by atoms with Crippen LogP contribution in [0, 0.1) is 0 Å². The van der Waals surface area contributed by atoms with E-state index in [9.17, 15) is 9.90 Å². The molecule has 0 fully saturated rings. The van der Waals surface area contributed by atoms with Crippen molar-refractivity contribution >= 4 is 16.6 Å². The SMILES string of the molecule is CC(O)COn1c(=O)c(NCC(c2ccccc2)c2ccccc2)cc2ccccc21. The number of benzene rings is 3. The van der Waals surface area contributed by atoms with Crippen molar-refractivity contribution < 1.29 is 9.94 Å². The molecule has 1 heterocycles. The van der Waals surface area contributed by atoms with Crippen LogP contribution in [-0.4, -0.2) is 29.1 Å². The number of nitrogens with zero attached hydrogens (tertiary/aromatic N) is 1. The number of para-hydroxylation sites is 1. The van der Waals surface area contributed by atoms with E-state index in [-0.39, 0.29) is 18.1 Å². The summed E-state index contributed by atoms with van der Waals surface area (Å²) in [5, 5.41) is 13.9. The predicted octanol–water partition coefficient (Wildman–Crippen LogP) is 4.05. The van der Waals surface area contributed by atoms with Crippen molar-refractivity contribution in [3.05, 3.63) is 112 Å². The van der Waals surface area contributed by atoms with Crippen LogP contribution in [0.15, 0.2) is 95.8 Å². The highest BCUT2D eigenvalue weighted by Gasteiger charge is 2.16. The predicted molar refractivity (Wildman–Crippen MR) is 125 cm³/mol. The second-order valence-electron chi connectivity index (χ2n) is 7.62. The van der Waals surface area contributed by atoms with E-state index in [2.05, 4.69) is 29.6 Å². The Morgan fingerprint density at radius 3 is 2.10 bits per heavy atom. The topological polar surface area (TPSA) is 63.5 Å². The van der Waals surface area contributed by atoms with E-state index >= 15 is 0 Å². The number of rotatable bonds is 8. The number of hydrogen-bond donors (Lipinski definition) is 2. The first-order chi connectivity index (χ1) is 15.1. The quantitative estimate of drug-likeness (QED) is 0.457. The maximum absolute atomic E-state index is 13.2. The zero-order chi connectivity index (χ0) is 21.6. The van der Waals surface area contributed by atoms with Crippen LogP contribution < -0.4 is 15.7 Å². The average molecular weight is 415 g/mol. The van der Waals surface area contributed by atoms with Crippen LogP contribution in [0.5, 0.6) is 0 Å². The summed E-state index contributed by atoms with van der Waals surface area (Å²) in [7, 11) is 0. The zero-order valence-corrected chi connectivity index (χ0v) is 17.4.